The van der Waals surface area contributed by atoms with E-state index in [0.717, 1.165) is 14.9 Å². The third-order valence-corrected chi connectivity index (χ3v) is 11.7. The lowest BCUT2D eigenvalue weighted by Crippen LogP contribution is -2.68. The number of hydrogen-bond acceptors (Lipinski definition) is 7. The topological polar surface area (TPSA) is 148 Å². The van der Waals surface area contributed by atoms with Crippen molar-refractivity contribution < 1.29 is 18.7 Å². The number of nitrogen functional groups attached to an aromatic ring is 1. The molecule has 0 bridgehead atoms. The molecule has 2 aromatic carbocycles. The predicted molar refractivity (Wildman–Crippen MR) is 139 cm³/mol. The fourth-order valence-corrected chi connectivity index (χ4v) is 9.56. The molecule has 10 nitrogen and oxygen atoms in total. The monoisotopic (exact) mass is 524 g/mol. The summed E-state index contributed by atoms with van der Waals surface area (Å²) in [6.07, 6.45) is -3.67. The van der Waals surface area contributed by atoms with Crippen LogP contribution in [-0.2, 0) is 9.16 Å². The third kappa shape index (κ3) is 4.54. The summed E-state index contributed by atoms with van der Waals surface area (Å²) in [6.45, 7) is 5.08. The number of anilines is 1. The lowest BCUT2D eigenvalue weighted by atomic mass is 10.1. The predicted octanol–water partition coefficient (Wildman–Crippen LogP) is 2.64. The number of alkyl halides is 1. The van der Waals surface area contributed by atoms with Crippen molar-refractivity contribution in [1.82, 2.24) is 9.55 Å². The van der Waals surface area contributed by atoms with Gasteiger partial charge < -0.3 is 20.0 Å². The van der Waals surface area contributed by atoms with E-state index in [2.05, 4.69) is 15.0 Å². The number of aliphatic hydroxyl groups is 1. The van der Waals surface area contributed by atoms with Gasteiger partial charge in [0.15, 0.2) is 12.4 Å². The lowest BCUT2D eigenvalue weighted by Gasteiger charge is -2.45. The van der Waals surface area contributed by atoms with Gasteiger partial charge in [-0.3, -0.25) is 4.57 Å². The normalized spacial score (nSPS) is 24.0. The molecule has 3 N–H and O–H groups in total. The van der Waals surface area contributed by atoms with Crippen LogP contribution < -0.4 is 21.8 Å². The van der Waals surface area contributed by atoms with Gasteiger partial charge in [-0.05, 0) is 27.0 Å². The first-order valence-electron chi connectivity index (χ1n) is 11.7. The summed E-state index contributed by atoms with van der Waals surface area (Å²) in [4.78, 5) is 19.2. The summed E-state index contributed by atoms with van der Waals surface area (Å²) < 4.78 is 30.2. The van der Waals surface area contributed by atoms with Crippen LogP contribution in [-0.4, -0.2) is 47.6 Å². The van der Waals surface area contributed by atoms with Gasteiger partial charge in [0.25, 0.3) is 8.32 Å². The molecule has 0 radical (unpaired) electrons. The van der Waals surface area contributed by atoms with E-state index in [-0.39, 0.29) is 5.82 Å². The summed E-state index contributed by atoms with van der Waals surface area (Å²) >= 11 is 0. The molecule has 2 heterocycles. The Morgan fingerprint density at radius 1 is 1.19 bits per heavy atom. The number of aliphatic hydroxyl groups excluding tert-OH is 1. The molecule has 0 spiro atoms. The molecule has 1 aliphatic heterocycles. The zero-order valence-corrected chi connectivity index (χ0v) is 21.7. The number of nitrogens with zero attached hydrogens (tertiary/aromatic N) is 5. The van der Waals surface area contributed by atoms with Gasteiger partial charge >= 0.3 is 5.69 Å². The Bertz CT molecular complexity index is 1310. The highest BCUT2D eigenvalue weighted by molar-refractivity contribution is 6.99. The molecule has 1 fully saturated rings. The standard InChI is InChI=1S/C25H29FN6O4Si/c1-24(2,3)37(17-10-6-4-7-11-17,18-12-8-5-9-13-18)36-20-21(26)25(16-33,30-31-28)35-22(20)32-15-14-19(27)29-23(32)34/h4-15,20-22,33H,16H2,1-3H3,(H2,27,29,34)/t20-,21+,22-,25-/m1/s1. The Morgan fingerprint density at radius 2 is 1.76 bits per heavy atom. The van der Waals surface area contributed by atoms with Crippen molar-refractivity contribution in [2.45, 2.75) is 50.0 Å². The van der Waals surface area contributed by atoms with Gasteiger partial charge in [-0.15, -0.1) is 0 Å². The molecular formula is C25H29FN6O4Si. The lowest BCUT2D eigenvalue weighted by molar-refractivity contribution is -0.115. The minimum absolute atomic E-state index is 0.0241. The molecule has 37 heavy (non-hydrogen) atoms. The molecular weight excluding hydrogens is 495 g/mol. The van der Waals surface area contributed by atoms with E-state index in [1.807, 2.05) is 81.4 Å². The fourth-order valence-electron chi connectivity index (χ4n) is 4.90. The van der Waals surface area contributed by atoms with Crippen molar-refractivity contribution in [3.05, 3.63) is 93.9 Å². The maximum absolute atomic E-state index is 16.4. The van der Waals surface area contributed by atoms with Crippen molar-refractivity contribution in [1.29, 1.82) is 0 Å². The minimum Gasteiger partial charge on any atom is -0.397 e. The maximum atomic E-state index is 16.4. The van der Waals surface area contributed by atoms with Crippen LogP contribution in [0.3, 0.4) is 0 Å². The third-order valence-electron chi connectivity index (χ3n) is 6.62. The van der Waals surface area contributed by atoms with Crippen LogP contribution in [0.2, 0.25) is 5.04 Å². The van der Waals surface area contributed by atoms with Crippen LogP contribution >= 0.6 is 0 Å². The molecule has 0 amide bonds. The molecule has 1 saturated heterocycles. The zero-order chi connectivity index (χ0) is 26.8. The highest BCUT2D eigenvalue weighted by Crippen LogP contribution is 2.46. The second-order valence-corrected chi connectivity index (χ2v) is 14.1. The van der Waals surface area contributed by atoms with Gasteiger partial charge in [-0.25, -0.2) is 9.18 Å². The first kappa shape index (κ1) is 26.5. The highest BCUT2D eigenvalue weighted by Gasteiger charge is 2.62. The zero-order valence-electron chi connectivity index (χ0n) is 20.7. The van der Waals surface area contributed by atoms with Crippen LogP contribution in [0.25, 0.3) is 10.4 Å². The van der Waals surface area contributed by atoms with E-state index in [0.29, 0.717) is 0 Å². The molecule has 1 aliphatic rings. The second kappa shape index (κ2) is 10.1. The molecule has 0 saturated carbocycles. The highest BCUT2D eigenvalue weighted by atomic mass is 28.4. The average Bonchev–Trinajstić information content (AvgIpc) is 3.14. The summed E-state index contributed by atoms with van der Waals surface area (Å²) in [5.74, 6) is -0.0241. The number of ether oxygens (including phenoxy) is 1. The summed E-state index contributed by atoms with van der Waals surface area (Å²) in [7, 11) is -3.35. The Hall–Kier alpha value is -3.54. The molecule has 0 aliphatic carbocycles. The van der Waals surface area contributed by atoms with Crippen LogP contribution in [0.5, 0.6) is 0 Å². The van der Waals surface area contributed by atoms with E-state index in [9.17, 15) is 9.90 Å². The molecule has 4 rings (SSSR count). The molecule has 3 aromatic rings. The van der Waals surface area contributed by atoms with Crippen molar-refractivity contribution >= 4 is 24.5 Å². The SMILES string of the molecule is CC(C)(C)[Si](O[C@H]1[C@H](n2ccc(N)nc2=O)O[C@@](CO)(N=[N+]=[N-])[C@H]1F)(c1ccccc1)c1ccccc1. The van der Waals surface area contributed by atoms with Crippen LogP contribution in [0.4, 0.5) is 10.2 Å². The van der Waals surface area contributed by atoms with Crippen LogP contribution in [0.15, 0.2) is 82.8 Å². The molecule has 0 unspecified atom stereocenters. The van der Waals surface area contributed by atoms with E-state index in [4.69, 9.17) is 20.4 Å². The van der Waals surface area contributed by atoms with E-state index < -0.39 is 49.9 Å². The average molecular weight is 525 g/mol. The Morgan fingerprint density at radius 3 is 2.22 bits per heavy atom. The minimum atomic E-state index is -3.35. The smallest absolute Gasteiger partial charge is 0.351 e. The van der Waals surface area contributed by atoms with Gasteiger partial charge in [-0.2, -0.15) is 4.98 Å². The van der Waals surface area contributed by atoms with Crippen LogP contribution in [0.1, 0.15) is 27.0 Å². The number of azide groups is 1. The van der Waals surface area contributed by atoms with Crippen molar-refractivity contribution in [2.24, 2.45) is 5.11 Å². The number of nitrogens with two attached hydrogens (primary N) is 1. The summed E-state index contributed by atoms with van der Waals surface area (Å²) in [6, 6.07) is 20.4. The second-order valence-electron chi connectivity index (χ2n) is 9.89. The Kier molecular flexibility index (Phi) is 7.22. The number of hydrogen-bond donors (Lipinski definition) is 2. The number of rotatable bonds is 7. The number of aromatic nitrogens is 2. The van der Waals surface area contributed by atoms with Gasteiger partial charge in [0.2, 0.25) is 5.72 Å². The van der Waals surface area contributed by atoms with E-state index in [1.165, 1.54) is 12.3 Å². The quantitative estimate of drug-likeness (QED) is 0.210. The van der Waals surface area contributed by atoms with Crippen molar-refractivity contribution in [3.8, 4) is 0 Å². The van der Waals surface area contributed by atoms with E-state index in [1.54, 1.807) is 0 Å². The first-order chi connectivity index (χ1) is 17.6. The summed E-state index contributed by atoms with van der Waals surface area (Å²) in [5, 5.41) is 14.8. The fraction of sp³-hybridized carbons (Fsp3) is 0.360. The van der Waals surface area contributed by atoms with Gasteiger partial charge in [0.05, 0.1) is 6.61 Å². The van der Waals surface area contributed by atoms with Gasteiger partial charge in [0, 0.05) is 11.1 Å². The first-order valence-corrected chi connectivity index (χ1v) is 13.6. The molecule has 194 valence electrons. The van der Waals surface area contributed by atoms with Gasteiger partial charge in [-0.1, -0.05) is 86.5 Å². The summed E-state index contributed by atoms with van der Waals surface area (Å²) in [5.41, 5.74) is 11.7. The molecule has 12 heteroatoms. The maximum Gasteiger partial charge on any atom is 0.351 e. The van der Waals surface area contributed by atoms with Crippen molar-refractivity contribution in [3.63, 3.8) is 0 Å². The molecule has 1 aromatic heterocycles. The number of benzene rings is 2. The van der Waals surface area contributed by atoms with Crippen molar-refractivity contribution in [2.75, 3.05) is 12.3 Å². The van der Waals surface area contributed by atoms with Gasteiger partial charge in [0.1, 0.15) is 11.9 Å². The number of halogens is 1. The Labute approximate surface area is 214 Å². The Balaban J connectivity index is 1.98. The van der Waals surface area contributed by atoms with Crippen LogP contribution in [0, 0.1) is 0 Å². The largest absolute Gasteiger partial charge is 0.397 e. The molecule has 4 atom stereocenters. The van der Waals surface area contributed by atoms with E-state index >= 15 is 4.39 Å².